The summed E-state index contributed by atoms with van der Waals surface area (Å²) in [6.45, 7) is 2.91. The van der Waals surface area contributed by atoms with Crippen molar-refractivity contribution in [3.63, 3.8) is 0 Å². The van der Waals surface area contributed by atoms with Gasteiger partial charge in [0.2, 0.25) is 5.75 Å². The van der Waals surface area contributed by atoms with E-state index in [0.29, 0.717) is 18.7 Å². The van der Waals surface area contributed by atoms with Gasteiger partial charge in [0.05, 0.1) is 5.69 Å². The summed E-state index contributed by atoms with van der Waals surface area (Å²) in [6, 6.07) is 6.76. The normalized spacial score (nSPS) is 10.6. The smallest absolute Gasteiger partial charge is 0.200 e. The van der Waals surface area contributed by atoms with Crippen molar-refractivity contribution < 1.29 is 15.3 Å². The lowest BCUT2D eigenvalue weighted by Gasteiger charge is -2.09. The molecular formula is C14H16N2O3. The van der Waals surface area contributed by atoms with Crippen molar-refractivity contribution in [3.8, 4) is 17.2 Å². The van der Waals surface area contributed by atoms with Crippen LogP contribution in [0.5, 0.6) is 17.2 Å². The fourth-order valence-corrected chi connectivity index (χ4v) is 1.77. The number of aromatic hydroxyl groups is 3. The lowest BCUT2D eigenvalue weighted by Crippen LogP contribution is -2.14. The second kappa shape index (κ2) is 5.58. The predicted molar refractivity (Wildman–Crippen MR) is 71.0 cm³/mol. The van der Waals surface area contributed by atoms with Crippen LogP contribution in [0.2, 0.25) is 0 Å². The van der Waals surface area contributed by atoms with Gasteiger partial charge in [-0.25, -0.2) is 0 Å². The molecule has 2 aromatic rings. The molecule has 5 heteroatoms. The quantitative estimate of drug-likeness (QED) is 0.630. The highest BCUT2D eigenvalue weighted by atomic mass is 16.3. The summed E-state index contributed by atoms with van der Waals surface area (Å²) in [6.07, 6.45) is 1.73. The third-order valence-corrected chi connectivity index (χ3v) is 2.94. The van der Waals surface area contributed by atoms with Crippen molar-refractivity contribution in [2.45, 2.75) is 20.0 Å². The van der Waals surface area contributed by atoms with E-state index in [1.165, 1.54) is 6.07 Å². The summed E-state index contributed by atoms with van der Waals surface area (Å²) >= 11 is 0. The third kappa shape index (κ3) is 2.95. The number of rotatable bonds is 4. The Morgan fingerprint density at radius 3 is 2.58 bits per heavy atom. The molecule has 0 bridgehead atoms. The molecule has 0 saturated heterocycles. The van der Waals surface area contributed by atoms with Gasteiger partial charge in [-0.2, -0.15) is 0 Å². The van der Waals surface area contributed by atoms with E-state index in [1.54, 1.807) is 12.3 Å². The first-order chi connectivity index (χ1) is 9.09. The Hall–Kier alpha value is -2.27. The lowest BCUT2D eigenvalue weighted by atomic mass is 10.1. The minimum atomic E-state index is -0.492. The SMILES string of the molecule is Cc1cccnc1CNCc1ccc(O)c(O)c1O. The van der Waals surface area contributed by atoms with Crippen LogP contribution >= 0.6 is 0 Å². The maximum absolute atomic E-state index is 9.66. The minimum absolute atomic E-state index is 0.301. The molecule has 0 saturated carbocycles. The van der Waals surface area contributed by atoms with Gasteiger partial charge < -0.3 is 20.6 Å². The molecule has 5 nitrogen and oxygen atoms in total. The molecule has 0 spiro atoms. The fraction of sp³-hybridized carbons (Fsp3) is 0.214. The van der Waals surface area contributed by atoms with E-state index in [-0.39, 0.29) is 11.5 Å². The highest BCUT2D eigenvalue weighted by Gasteiger charge is 2.10. The molecule has 0 aliphatic rings. The van der Waals surface area contributed by atoms with Gasteiger partial charge in [0, 0.05) is 24.8 Å². The van der Waals surface area contributed by atoms with Gasteiger partial charge in [-0.05, 0) is 24.6 Å². The summed E-state index contributed by atoms with van der Waals surface area (Å²) in [5, 5.41) is 31.4. The van der Waals surface area contributed by atoms with Crippen molar-refractivity contribution in [1.29, 1.82) is 0 Å². The fourth-order valence-electron chi connectivity index (χ4n) is 1.77. The summed E-state index contributed by atoms with van der Waals surface area (Å²) in [7, 11) is 0. The zero-order valence-corrected chi connectivity index (χ0v) is 10.6. The molecule has 0 amide bonds. The minimum Gasteiger partial charge on any atom is -0.504 e. The summed E-state index contributed by atoms with van der Waals surface area (Å²) in [5.41, 5.74) is 2.54. The van der Waals surface area contributed by atoms with Crippen LogP contribution in [0.25, 0.3) is 0 Å². The number of nitrogens with zero attached hydrogens (tertiary/aromatic N) is 1. The maximum Gasteiger partial charge on any atom is 0.200 e. The first-order valence-electron chi connectivity index (χ1n) is 5.93. The monoisotopic (exact) mass is 260 g/mol. The third-order valence-electron chi connectivity index (χ3n) is 2.94. The van der Waals surface area contributed by atoms with Crippen LogP contribution in [0.3, 0.4) is 0 Å². The first kappa shape index (κ1) is 13.2. The molecule has 19 heavy (non-hydrogen) atoms. The van der Waals surface area contributed by atoms with Crippen molar-refractivity contribution in [2.24, 2.45) is 0 Å². The van der Waals surface area contributed by atoms with Crippen LogP contribution in [0, 0.1) is 6.92 Å². The number of hydrogen-bond acceptors (Lipinski definition) is 5. The van der Waals surface area contributed by atoms with Crippen LogP contribution in [0.4, 0.5) is 0 Å². The highest BCUT2D eigenvalue weighted by molar-refractivity contribution is 5.53. The van der Waals surface area contributed by atoms with E-state index in [1.807, 2.05) is 19.1 Å². The number of pyridine rings is 1. The van der Waals surface area contributed by atoms with Crippen LogP contribution in [0.1, 0.15) is 16.8 Å². The molecule has 0 aliphatic carbocycles. The molecule has 2 rings (SSSR count). The van der Waals surface area contributed by atoms with Gasteiger partial charge in [0.15, 0.2) is 11.5 Å². The number of benzene rings is 1. The number of phenolic OH excluding ortho intramolecular Hbond substituents is 3. The van der Waals surface area contributed by atoms with E-state index >= 15 is 0 Å². The van der Waals surface area contributed by atoms with E-state index in [2.05, 4.69) is 10.3 Å². The van der Waals surface area contributed by atoms with Crippen molar-refractivity contribution in [3.05, 3.63) is 47.3 Å². The average molecular weight is 260 g/mol. The van der Waals surface area contributed by atoms with Crippen LogP contribution in [-0.2, 0) is 13.1 Å². The lowest BCUT2D eigenvalue weighted by molar-refractivity contribution is 0.364. The molecule has 0 unspecified atom stereocenters. The van der Waals surface area contributed by atoms with Crippen LogP contribution in [0.15, 0.2) is 30.5 Å². The Bertz CT molecular complexity index is 585. The molecule has 100 valence electrons. The number of aromatic nitrogens is 1. The molecule has 1 heterocycles. The Balaban J connectivity index is 2.01. The zero-order valence-electron chi connectivity index (χ0n) is 10.6. The number of phenols is 3. The van der Waals surface area contributed by atoms with E-state index in [0.717, 1.165) is 11.3 Å². The Morgan fingerprint density at radius 1 is 1.05 bits per heavy atom. The maximum atomic E-state index is 9.66. The number of aryl methyl sites for hydroxylation is 1. The van der Waals surface area contributed by atoms with E-state index < -0.39 is 5.75 Å². The Labute approximate surface area is 111 Å². The molecule has 0 atom stereocenters. The van der Waals surface area contributed by atoms with E-state index in [9.17, 15) is 15.3 Å². The largest absolute Gasteiger partial charge is 0.504 e. The molecule has 0 fully saturated rings. The van der Waals surface area contributed by atoms with E-state index in [4.69, 9.17) is 0 Å². The predicted octanol–water partition coefficient (Wildman–Crippen LogP) is 1.80. The molecule has 0 aliphatic heterocycles. The van der Waals surface area contributed by atoms with Crippen LogP contribution < -0.4 is 5.32 Å². The Morgan fingerprint density at radius 2 is 1.84 bits per heavy atom. The number of hydrogen-bond donors (Lipinski definition) is 4. The second-order valence-electron chi connectivity index (χ2n) is 4.31. The second-order valence-corrected chi connectivity index (χ2v) is 4.31. The first-order valence-corrected chi connectivity index (χ1v) is 5.93. The Kier molecular flexibility index (Phi) is 3.87. The topological polar surface area (TPSA) is 85.6 Å². The summed E-state index contributed by atoms with van der Waals surface area (Å²) in [5.74, 6) is -1.12. The van der Waals surface area contributed by atoms with Gasteiger partial charge in [0.25, 0.3) is 0 Å². The summed E-state index contributed by atoms with van der Waals surface area (Å²) < 4.78 is 0. The van der Waals surface area contributed by atoms with Gasteiger partial charge in [0.1, 0.15) is 0 Å². The molecule has 1 aromatic carbocycles. The van der Waals surface area contributed by atoms with Crippen molar-refractivity contribution >= 4 is 0 Å². The molecular weight excluding hydrogens is 244 g/mol. The van der Waals surface area contributed by atoms with Crippen molar-refractivity contribution in [2.75, 3.05) is 0 Å². The number of nitrogens with one attached hydrogen (secondary N) is 1. The highest BCUT2D eigenvalue weighted by Crippen LogP contribution is 2.36. The van der Waals surface area contributed by atoms with Gasteiger partial charge in [-0.1, -0.05) is 12.1 Å². The molecule has 4 N–H and O–H groups in total. The molecule has 0 radical (unpaired) electrons. The zero-order chi connectivity index (χ0) is 13.8. The molecule has 1 aromatic heterocycles. The van der Waals surface area contributed by atoms with Gasteiger partial charge >= 0.3 is 0 Å². The van der Waals surface area contributed by atoms with Crippen LogP contribution in [-0.4, -0.2) is 20.3 Å². The van der Waals surface area contributed by atoms with Gasteiger partial charge in [-0.15, -0.1) is 0 Å². The summed E-state index contributed by atoms with van der Waals surface area (Å²) in [4.78, 5) is 4.25. The standard InChI is InChI=1S/C14H16N2O3/c1-9-3-2-6-16-11(9)8-15-7-10-4-5-12(17)14(19)13(10)18/h2-6,15,17-19H,7-8H2,1H3. The average Bonchev–Trinajstić information content (AvgIpc) is 2.41. The van der Waals surface area contributed by atoms with Crippen molar-refractivity contribution in [1.82, 2.24) is 10.3 Å². The van der Waals surface area contributed by atoms with Gasteiger partial charge in [-0.3, -0.25) is 4.98 Å².